The molecule has 0 bridgehead atoms. The quantitative estimate of drug-likeness (QED) is 0.145. The van der Waals surface area contributed by atoms with Crippen molar-refractivity contribution in [3.05, 3.63) is 0 Å². The average molecular weight is 233 g/mol. The number of ether oxygens (including phenoxy) is 1. The van der Waals surface area contributed by atoms with Crippen LogP contribution in [0.5, 0.6) is 0 Å². The molecule has 5 N–H and O–H groups in total. The summed E-state index contributed by atoms with van der Waals surface area (Å²) in [6, 6.07) is 0. The molecule has 0 amide bonds. The maximum Gasteiger partial charge on any atom is 0.144 e. The SMILES string of the molecule is CC(C)(CCNCCOCCO)C(N)=NO. The lowest BCUT2D eigenvalue weighted by atomic mass is 9.88. The van der Waals surface area contributed by atoms with Crippen molar-refractivity contribution in [2.24, 2.45) is 16.3 Å². The Bertz CT molecular complexity index is 207. The fraction of sp³-hybridized carbons (Fsp3) is 0.900. The Morgan fingerprint density at radius 3 is 2.62 bits per heavy atom. The van der Waals surface area contributed by atoms with Crippen LogP contribution in [0, 0.1) is 5.41 Å². The number of aliphatic hydroxyl groups is 1. The summed E-state index contributed by atoms with van der Waals surface area (Å²) in [6.07, 6.45) is 0.781. The van der Waals surface area contributed by atoms with Crippen molar-refractivity contribution >= 4 is 5.84 Å². The predicted molar refractivity (Wildman–Crippen MR) is 62.6 cm³/mol. The van der Waals surface area contributed by atoms with Crippen molar-refractivity contribution in [1.82, 2.24) is 5.32 Å². The third kappa shape index (κ3) is 6.60. The van der Waals surface area contributed by atoms with Crippen LogP contribution < -0.4 is 11.1 Å². The van der Waals surface area contributed by atoms with Crippen LogP contribution in [0.1, 0.15) is 20.3 Å². The lowest BCUT2D eigenvalue weighted by Gasteiger charge is -2.22. The Labute approximate surface area is 96.5 Å². The topological polar surface area (TPSA) is 100 Å². The summed E-state index contributed by atoms with van der Waals surface area (Å²) in [5, 5.41) is 23.2. The Balaban J connectivity index is 3.51. The number of hydrogen-bond donors (Lipinski definition) is 4. The first-order valence-electron chi connectivity index (χ1n) is 5.42. The first kappa shape index (κ1) is 15.2. The molecule has 0 aromatic heterocycles. The van der Waals surface area contributed by atoms with Gasteiger partial charge in [-0.25, -0.2) is 0 Å². The van der Waals surface area contributed by atoms with Gasteiger partial charge in [0.05, 0.1) is 19.8 Å². The molecule has 0 spiro atoms. The van der Waals surface area contributed by atoms with Crippen molar-refractivity contribution in [2.45, 2.75) is 20.3 Å². The Hall–Kier alpha value is -0.850. The van der Waals surface area contributed by atoms with E-state index in [1.165, 1.54) is 0 Å². The second kappa shape index (κ2) is 8.32. The van der Waals surface area contributed by atoms with Gasteiger partial charge in [-0.3, -0.25) is 0 Å². The number of nitrogens with two attached hydrogens (primary N) is 1. The summed E-state index contributed by atoms with van der Waals surface area (Å²) in [6.45, 7) is 6.34. The molecule has 0 radical (unpaired) electrons. The fourth-order valence-electron chi connectivity index (χ4n) is 1.10. The van der Waals surface area contributed by atoms with Gasteiger partial charge in [-0.2, -0.15) is 0 Å². The van der Waals surface area contributed by atoms with E-state index in [9.17, 15) is 0 Å². The van der Waals surface area contributed by atoms with Crippen LogP contribution in [-0.2, 0) is 4.74 Å². The highest BCUT2D eigenvalue weighted by atomic mass is 16.5. The van der Waals surface area contributed by atoms with Gasteiger partial charge >= 0.3 is 0 Å². The van der Waals surface area contributed by atoms with Gasteiger partial charge in [-0.1, -0.05) is 19.0 Å². The highest BCUT2D eigenvalue weighted by Gasteiger charge is 2.22. The van der Waals surface area contributed by atoms with Gasteiger partial charge in [0.1, 0.15) is 5.84 Å². The third-order valence-corrected chi connectivity index (χ3v) is 2.39. The number of nitrogens with zero attached hydrogens (tertiary/aromatic N) is 1. The highest BCUT2D eigenvalue weighted by molar-refractivity contribution is 5.85. The predicted octanol–water partition coefficient (Wildman–Crippen LogP) is -0.252. The van der Waals surface area contributed by atoms with Gasteiger partial charge in [0.15, 0.2) is 0 Å². The average Bonchev–Trinajstić information content (AvgIpc) is 2.26. The minimum atomic E-state index is -0.312. The van der Waals surface area contributed by atoms with Gasteiger partial charge in [0.2, 0.25) is 0 Å². The maximum absolute atomic E-state index is 8.57. The van der Waals surface area contributed by atoms with E-state index in [1.807, 2.05) is 13.8 Å². The van der Waals surface area contributed by atoms with Gasteiger partial charge in [0, 0.05) is 12.0 Å². The summed E-state index contributed by atoms with van der Waals surface area (Å²) in [4.78, 5) is 0. The van der Waals surface area contributed by atoms with E-state index in [0.717, 1.165) is 19.5 Å². The third-order valence-electron chi connectivity index (χ3n) is 2.39. The van der Waals surface area contributed by atoms with Gasteiger partial charge in [0.25, 0.3) is 0 Å². The van der Waals surface area contributed by atoms with E-state index in [4.69, 9.17) is 20.8 Å². The summed E-state index contributed by atoms with van der Waals surface area (Å²) in [5.41, 5.74) is 5.24. The van der Waals surface area contributed by atoms with Crippen molar-refractivity contribution in [2.75, 3.05) is 32.9 Å². The normalized spacial score (nSPS) is 13.1. The van der Waals surface area contributed by atoms with Crippen LogP contribution in [0.4, 0.5) is 0 Å². The minimum Gasteiger partial charge on any atom is -0.409 e. The molecule has 0 heterocycles. The van der Waals surface area contributed by atoms with E-state index >= 15 is 0 Å². The molecule has 0 aromatic rings. The van der Waals surface area contributed by atoms with E-state index in [-0.39, 0.29) is 17.9 Å². The molecule has 96 valence electrons. The smallest absolute Gasteiger partial charge is 0.144 e. The second-order valence-corrected chi connectivity index (χ2v) is 4.21. The first-order chi connectivity index (χ1) is 7.54. The fourth-order valence-corrected chi connectivity index (χ4v) is 1.10. The minimum absolute atomic E-state index is 0.0521. The number of nitrogens with one attached hydrogen (secondary N) is 1. The molecule has 6 nitrogen and oxygen atoms in total. The summed E-state index contributed by atoms with van der Waals surface area (Å²) >= 11 is 0. The van der Waals surface area contributed by atoms with Gasteiger partial charge in [-0.15, -0.1) is 0 Å². The molecule has 0 saturated heterocycles. The molecule has 16 heavy (non-hydrogen) atoms. The zero-order chi connectivity index (χ0) is 12.4. The first-order valence-corrected chi connectivity index (χ1v) is 5.42. The Kier molecular flexibility index (Phi) is 7.88. The lowest BCUT2D eigenvalue weighted by Crippen LogP contribution is -2.35. The van der Waals surface area contributed by atoms with Crippen LogP contribution >= 0.6 is 0 Å². The Morgan fingerprint density at radius 1 is 1.38 bits per heavy atom. The Morgan fingerprint density at radius 2 is 2.06 bits per heavy atom. The van der Waals surface area contributed by atoms with E-state index in [2.05, 4.69) is 10.5 Å². The van der Waals surface area contributed by atoms with Gasteiger partial charge < -0.3 is 26.1 Å². The molecule has 0 aliphatic rings. The monoisotopic (exact) mass is 233 g/mol. The molecule has 6 heteroatoms. The van der Waals surface area contributed by atoms with Crippen LogP contribution in [0.25, 0.3) is 0 Å². The van der Waals surface area contributed by atoms with Crippen LogP contribution in [-0.4, -0.2) is 49.1 Å². The molecule has 0 aliphatic heterocycles. The molecule has 0 unspecified atom stereocenters. The molecular weight excluding hydrogens is 210 g/mol. The van der Waals surface area contributed by atoms with Crippen LogP contribution in [0.15, 0.2) is 5.16 Å². The van der Waals surface area contributed by atoms with Crippen molar-refractivity contribution in [1.29, 1.82) is 0 Å². The number of hydrogen-bond acceptors (Lipinski definition) is 5. The summed E-state index contributed by atoms with van der Waals surface area (Å²) in [5.74, 6) is 0.242. The highest BCUT2D eigenvalue weighted by Crippen LogP contribution is 2.19. The van der Waals surface area contributed by atoms with Crippen LogP contribution in [0.2, 0.25) is 0 Å². The molecular formula is C10H23N3O3. The molecule has 0 rings (SSSR count). The number of amidine groups is 1. The van der Waals surface area contributed by atoms with Crippen molar-refractivity contribution < 1.29 is 15.1 Å². The molecule has 0 atom stereocenters. The van der Waals surface area contributed by atoms with E-state index < -0.39 is 0 Å². The zero-order valence-corrected chi connectivity index (χ0v) is 10.1. The number of oxime groups is 1. The van der Waals surface area contributed by atoms with Gasteiger partial charge in [-0.05, 0) is 13.0 Å². The summed E-state index contributed by atoms with van der Waals surface area (Å²) in [7, 11) is 0. The largest absolute Gasteiger partial charge is 0.409 e. The maximum atomic E-state index is 8.57. The standard InChI is InChI=1S/C10H23N3O3/c1-10(2,9(11)13-15)3-4-12-5-7-16-8-6-14/h12,14-15H,3-8H2,1-2H3,(H2,11,13). The number of aliphatic hydroxyl groups excluding tert-OH is 1. The second-order valence-electron chi connectivity index (χ2n) is 4.21. The molecule has 0 fully saturated rings. The zero-order valence-electron chi connectivity index (χ0n) is 10.1. The molecule has 0 saturated carbocycles. The van der Waals surface area contributed by atoms with E-state index in [0.29, 0.717) is 13.2 Å². The summed E-state index contributed by atoms with van der Waals surface area (Å²) < 4.78 is 5.08. The molecule has 0 aromatic carbocycles. The number of rotatable bonds is 9. The van der Waals surface area contributed by atoms with Crippen molar-refractivity contribution in [3.8, 4) is 0 Å². The van der Waals surface area contributed by atoms with Crippen LogP contribution in [0.3, 0.4) is 0 Å². The van der Waals surface area contributed by atoms with Crippen molar-refractivity contribution in [3.63, 3.8) is 0 Å². The van der Waals surface area contributed by atoms with E-state index in [1.54, 1.807) is 0 Å². The lowest BCUT2D eigenvalue weighted by molar-refractivity contribution is 0.0937. The molecule has 0 aliphatic carbocycles.